The first-order valence-corrected chi connectivity index (χ1v) is 8.09. The molecule has 2 N–H and O–H groups in total. The van der Waals surface area contributed by atoms with Crippen molar-refractivity contribution >= 4 is 11.9 Å². The summed E-state index contributed by atoms with van der Waals surface area (Å²) in [5, 5.41) is 9.95. The van der Waals surface area contributed by atoms with Gasteiger partial charge in [-0.1, -0.05) is 0 Å². The summed E-state index contributed by atoms with van der Waals surface area (Å²) in [6.07, 6.45) is 1.80. The van der Waals surface area contributed by atoms with Crippen LogP contribution in [0.3, 0.4) is 0 Å². The van der Waals surface area contributed by atoms with Crippen LogP contribution in [0.15, 0.2) is 30.5 Å². The molecule has 1 atom stereocenters. The number of aryl methyl sites for hydroxylation is 1. The van der Waals surface area contributed by atoms with Crippen molar-refractivity contribution in [2.75, 3.05) is 13.1 Å². The lowest BCUT2D eigenvalue weighted by Gasteiger charge is -2.32. The van der Waals surface area contributed by atoms with Gasteiger partial charge in [-0.05, 0) is 38.1 Å². The largest absolute Gasteiger partial charge is 0.353 e. The Morgan fingerprint density at radius 3 is 2.84 bits per heavy atom. The molecule has 1 aliphatic rings. The van der Waals surface area contributed by atoms with E-state index in [9.17, 15) is 14.0 Å². The van der Waals surface area contributed by atoms with Crippen molar-refractivity contribution < 1.29 is 14.0 Å². The molecule has 0 aliphatic carbocycles. The van der Waals surface area contributed by atoms with Crippen LogP contribution in [-0.2, 0) is 11.3 Å². The van der Waals surface area contributed by atoms with Gasteiger partial charge >= 0.3 is 6.03 Å². The van der Waals surface area contributed by atoms with E-state index in [1.807, 2.05) is 6.92 Å². The Balaban J connectivity index is 1.66. The molecule has 0 radical (unpaired) electrons. The molecule has 1 saturated heterocycles. The molecule has 1 aromatic heterocycles. The number of carbonyl (C=O) groups is 2. The number of aromatic nitrogens is 2. The molecule has 132 valence electrons. The highest BCUT2D eigenvalue weighted by molar-refractivity contribution is 5.87. The second-order valence-corrected chi connectivity index (χ2v) is 5.98. The first-order chi connectivity index (χ1) is 12.0. The normalized spacial score (nSPS) is 17.3. The molecule has 2 heterocycles. The standard InChI is InChI=1S/C17H20FN5O2/c1-11-13(10-23(21-11)15-5-3-14(18)4-6-15)9-20-17(25)22-8-7-19-16(24)12(22)2/h3-6,10,12H,7-9H2,1-2H3,(H,19,24)(H,20,25). The van der Waals surface area contributed by atoms with Gasteiger partial charge in [0.25, 0.3) is 0 Å². The maximum atomic E-state index is 13.0. The number of nitrogens with one attached hydrogen (secondary N) is 2. The van der Waals surface area contributed by atoms with Gasteiger partial charge in [0.1, 0.15) is 11.9 Å². The average molecular weight is 345 g/mol. The molecule has 0 saturated carbocycles. The lowest BCUT2D eigenvalue weighted by Crippen LogP contribution is -2.58. The quantitative estimate of drug-likeness (QED) is 0.881. The molecule has 3 rings (SSSR count). The molecular weight excluding hydrogens is 325 g/mol. The van der Waals surface area contributed by atoms with Crippen molar-refractivity contribution in [2.24, 2.45) is 0 Å². The zero-order chi connectivity index (χ0) is 18.0. The minimum absolute atomic E-state index is 0.151. The third-order valence-electron chi connectivity index (χ3n) is 4.28. The Morgan fingerprint density at radius 2 is 2.12 bits per heavy atom. The van der Waals surface area contributed by atoms with Crippen LogP contribution in [0.5, 0.6) is 0 Å². The average Bonchev–Trinajstić information content (AvgIpc) is 2.96. The van der Waals surface area contributed by atoms with Crippen LogP contribution in [0.4, 0.5) is 9.18 Å². The fourth-order valence-corrected chi connectivity index (χ4v) is 2.73. The smallest absolute Gasteiger partial charge is 0.318 e. The summed E-state index contributed by atoms with van der Waals surface area (Å²) in [7, 11) is 0. The summed E-state index contributed by atoms with van der Waals surface area (Å²) in [5.74, 6) is -0.457. The minimum atomic E-state index is -0.489. The van der Waals surface area contributed by atoms with E-state index in [2.05, 4.69) is 15.7 Å². The summed E-state index contributed by atoms with van der Waals surface area (Å²) in [4.78, 5) is 25.5. The molecule has 1 fully saturated rings. The SMILES string of the molecule is Cc1nn(-c2ccc(F)cc2)cc1CNC(=O)N1CCNC(=O)C1C. The molecular formula is C17H20FN5O2. The van der Waals surface area contributed by atoms with Gasteiger partial charge in [0.15, 0.2) is 0 Å². The van der Waals surface area contributed by atoms with Gasteiger partial charge in [0.2, 0.25) is 5.91 Å². The van der Waals surface area contributed by atoms with Crippen LogP contribution >= 0.6 is 0 Å². The summed E-state index contributed by atoms with van der Waals surface area (Å²) in [5.41, 5.74) is 2.37. The number of hydrogen-bond donors (Lipinski definition) is 2. The molecule has 1 aliphatic heterocycles. The van der Waals surface area contributed by atoms with Crippen molar-refractivity contribution in [3.63, 3.8) is 0 Å². The van der Waals surface area contributed by atoms with Crippen molar-refractivity contribution in [3.8, 4) is 5.69 Å². The Hall–Kier alpha value is -2.90. The van der Waals surface area contributed by atoms with Gasteiger partial charge in [0, 0.05) is 31.4 Å². The van der Waals surface area contributed by atoms with E-state index in [1.165, 1.54) is 17.0 Å². The van der Waals surface area contributed by atoms with Crippen LogP contribution in [-0.4, -0.2) is 45.8 Å². The van der Waals surface area contributed by atoms with Crippen LogP contribution in [0, 0.1) is 12.7 Å². The van der Waals surface area contributed by atoms with Gasteiger partial charge in [-0.25, -0.2) is 13.9 Å². The molecule has 8 heteroatoms. The predicted molar refractivity (Wildman–Crippen MR) is 89.7 cm³/mol. The van der Waals surface area contributed by atoms with Crippen LogP contribution in [0.1, 0.15) is 18.2 Å². The number of benzene rings is 1. The number of rotatable bonds is 3. The lowest BCUT2D eigenvalue weighted by atomic mass is 10.2. The molecule has 2 aromatic rings. The maximum Gasteiger partial charge on any atom is 0.318 e. The first kappa shape index (κ1) is 16.9. The highest BCUT2D eigenvalue weighted by Gasteiger charge is 2.29. The number of hydrogen-bond acceptors (Lipinski definition) is 3. The molecule has 0 bridgehead atoms. The van der Waals surface area contributed by atoms with E-state index in [1.54, 1.807) is 29.9 Å². The summed E-state index contributed by atoms with van der Waals surface area (Å²) in [6, 6.07) is 5.25. The lowest BCUT2D eigenvalue weighted by molar-refractivity contribution is -0.126. The number of piperazine rings is 1. The zero-order valence-electron chi connectivity index (χ0n) is 14.1. The van der Waals surface area contributed by atoms with Gasteiger partial charge in [0.05, 0.1) is 11.4 Å². The van der Waals surface area contributed by atoms with Crippen molar-refractivity contribution in [2.45, 2.75) is 26.4 Å². The Bertz CT molecular complexity index is 787. The molecule has 1 unspecified atom stereocenters. The number of nitrogens with zero attached hydrogens (tertiary/aromatic N) is 3. The maximum absolute atomic E-state index is 13.0. The third-order valence-corrected chi connectivity index (χ3v) is 4.28. The van der Waals surface area contributed by atoms with Gasteiger partial charge in [-0.3, -0.25) is 4.79 Å². The molecule has 7 nitrogen and oxygen atoms in total. The van der Waals surface area contributed by atoms with E-state index in [0.717, 1.165) is 16.9 Å². The zero-order valence-corrected chi connectivity index (χ0v) is 14.1. The third kappa shape index (κ3) is 3.62. The van der Waals surface area contributed by atoms with Crippen molar-refractivity contribution in [1.29, 1.82) is 0 Å². The number of carbonyl (C=O) groups excluding carboxylic acids is 2. The number of amides is 3. The van der Waals surface area contributed by atoms with Crippen molar-refractivity contribution in [1.82, 2.24) is 25.3 Å². The highest BCUT2D eigenvalue weighted by atomic mass is 19.1. The van der Waals surface area contributed by atoms with E-state index >= 15 is 0 Å². The fraction of sp³-hybridized carbons (Fsp3) is 0.353. The van der Waals surface area contributed by atoms with Crippen LogP contribution < -0.4 is 10.6 Å². The van der Waals surface area contributed by atoms with Gasteiger partial charge in [-0.2, -0.15) is 5.10 Å². The van der Waals surface area contributed by atoms with Crippen LogP contribution in [0.25, 0.3) is 5.69 Å². The fourth-order valence-electron chi connectivity index (χ4n) is 2.73. The molecule has 3 amide bonds. The monoisotopic (exact) mass is 345 g/mol. The van der Waals surface area contributed by atoms with E-state index in [0.29, 0.717) is 19.6 Å². The summed E-state index contributed by atoms with van der Waals surface area (Å²) < 4.78 is 14.7. The molecule has 0 spiro atoms. The second-order valence-electron chi connectivity index (χ2n) is 5.98. The second kappa shape index (κ2) is 6.92. The predicted octanol–water partition coefficient (Wildman–Crippen LogP) is 1.35. The van der Waals surface area contributed by atoms with Gasteiger partial charge in [-0.15, -0.1) is 0 Å². The number of halogens is 1. The number of urea groups is 1. The van der Waals surface area contributed by atoms with Gasteiger partial charge < -0.3 is 15.5 Å². The summed E-state index contributed by atoms with van der Waals surface area (Å²) in [6.45, 7) is 4.78. The highest BCUT2D eigenvalue weighted by Crippen LogP contribution is 2.13. The Labute approximate surface area is 144 Å². The van der Waals surface area contributed by atoms with E-state index < -0.39 is 6.04 Å². The topological polar surface area (TPSA) is 79.3 Å². The molecule has 1 aromatic carbocycles. The molecule has 25 heavy (non-hydrogen) atoms. The van der Waals surface area contributed by atoms with Crippen LogP contribution in [0.2, 0.25) is 0 Å². The Morgan fingerprint density at radius 1 is 1.40 bits per heavy atom. The van der Waals surface area contributed by atoms with Crippen molar-refractivity contribution in [3.05, 3.63) is 47.5 Å². The summed E-state index contributed by atoms with van der Waals surface area (Å²) >= 11 is 0. The first-order valence-electron chi connectivity index (χ1n) is 8.09. The minimum Gasteiger partial charge on any atom is -0.353 e. The Kier molecular flexibility index (Phi) is 4.69. The van der Waals surface area contributed by atoms with E-state index in [4.69, 9.17) is 0 Å². The van der Waals surface area contributed by atoms with E-state index in [-0.39, 0.29) is 17.8 Å².